The number of likely N-dealkylation sites (N-methyl/N-ethyl adjacent to an activating group) is 1. The Labute approximate surface area is 84.6 Å². The van der Waals surface area contributed by atoms with Crippen LogP contribution >= 0.6 is 0 Å². The van der Waals surface area contributed by atoms with Crippen LogP contribution in [0.4, 0.5) is 0 Å². The van der Waals surface area contributed by atoms with E-state index in [1.54, 1.807) is 0 Å². The highest BCUT2D eigenvalue weighted by Crippen LogP contribution is 2.25. The lowest BCUT2D eigenvalue weighted by Crippen LogP contribution is -2.21. The van der Waals surface area contributed by atoms with Gasteiger partial charge < -0.3 is 10.1 Å². The van der Waals surface area contributed by atoms with Gasteiger partial charge in [0.15, 0.2) is 0 Å². The summed E-state index contributed by atoms with van der Waals surface area (Å²) in [5, 5.41) is 3.30. The van der Waals surface area contributed by atoms with Crippen LogP contribution in [0.2, 0.25) is 0 Å². The molecule has 0 unspecified atom stereocenters. The van der Waals surface area contributed by atoms with E-state index in [9.17, 15) is 0 Å². The van der Waals surface area contributed by atoms with Crippen molar-refractivity contribution in [2.24, 2.45) is 0 Å². The van der Waals surface area contributed by atoms with Gasteiger partial charge >= 0.3 is 0 Å². The van der Waals surface area contributed by atoms with Crippen molar-refractivity contribution in [2.75, 3.05) is 19.7 Å². The summed E-state index contributed by atoms with van der Waals surface area (Å²) in [6.45, 7) is 4.74. The second-order valence-corrected chi connectivity index (χ2v) is 3.41. The molecular weight excluding hydrogens is 174 g/mol. The van der Waals surface area contributed by atoms with Gasteiger partial charge in [0.1, 0.15) is 12.4 Å². The minimum absolute atomic E-state index is 0.712. The highest BCUT2D eigenvalue weighted by molar-refractivity contribution is 5.62. The van der Waals surface area contributed by atoms with E-state index in [4.69, 9.17) is 4.74 Å². The second kappa shape index (κ2) is 4.29. The predicted molar refractivity (Wildman–Crippen MR) is 58.5 cm³/mol. The Kier molecular flexibility index (Phi) is 2.84. The van der Waals surface area contributed by atoms with Gasteiger partial charge in [0.25, 0.3) is 0 Å². The standard InChI is InChI=1S/C12H15NO/c1-2-13-8-10-7-11-5-3-4-6-12(11)14-9-10/h3-7,13H,2,8-9H2,1H3. The molecule has 1 aliphatic rings. The number of hydrogen-bond donors (Lipinski definition) is 1. The van der Waals surface area contributed by atoms with Gasteiger partial charge in [-0.15, -0.1) is 0 Å². The van der Waals surface area contributed by atoms with Crippen molar-refractivity contribution in [3.05, 3.63) is 35.4 Å². The molecule has 0 bridgehead atoms. The molecule has 2 nitrogen and oxygen atoms in total. The summed E-state index contributed by atoms with van der Waals surface area (Å²) in [7, 11) is 0. The molecular formula is C12H15NO. The van der Waals surface area contributed by atoms with Crippen molar-refractivity contribution in [3.8, 4) is 5.75 Å². The van der Waals surface area contributed by atoms with Crippen LogP contribution < -0.4 is 10.1 Å². The van der Waals surface area contributed by atoms with Crippen LogP contribution in [-0.2, 0) is 0 Å². The average Bonchev–Trinajstić information content (AvgIpc) is 2.26. The first-order valence-electron chi connectivity index (χ1n) is 5.02. The summed E-state index contributed by atoms with van der Waals surface area (Å²) in [6.07, 6.45) is 2.21. The third-order valence-electron chi connectivity index (χ3n) is 2.29. The Morgan fingerprint density at radius 1 is 1.36 bits per heavy atom. The molecule has 1 aromatic rings. The highest BCUT2D eigenvalue weighted by Gasteiger charge is 2.09. The van der Waals surface area contributed by atoms with Gasteiger partial charge in [-0.2, -0.15) is 0 Å². The molecule has 0 aliphatic carbocycles. The maximum atomic E-state index is 5.62. The zero-order chi connectivity index (χ0) is 9.80. The van der Waals surface area contributed by atoms with Gasteiger partial charge in [0, 0.05) is 12.1 Å². The molecule has 0 spiro atoms. The van der Waals surface area contributed by atoms with Crippen molar-refractivity contribution < 1.29 is 4.74 Å². The third kappa shape index (κ3) is 1.96. The van der Waals surface area contributed by atoms with Crippen LogP contribution in [0, 0.1) is 0 Å². The molecule has 2 rings (SSSR count). The fourth-order valence-corrected chi connectivity index (χ4v) is 1.55. The first-order chi connectivity index (χ1) is 6.90. The fraction of sp³-hybridized carbons (Fsp3) is 0.333. The van der Waals surface area contributed by atoms with E-state index in [0.717, 1.165) is 18.8 Å². The van der Waals surface area contributed by atoms with E-state index >= 15 is 0 Å². The molecule has 0 aromatic heterocycles. The Morgan fingerprint density at radius 2 is 2.21 bits per heavy atom. The number of hydrogen-bond acceptors (Lipinski definition) is 2. The normalized spacial score (nSPS) is 14.2. The van der Waals surface area contributed by atoms with Crippen molar-refractivity contribution in [2.45, 2.75) is 6.92 Å². The Balaban J connectivity index is 2.14. The molecule has 0 saturated heterocycles. The van der Waals surface area contributed by atoms with E-state index in [2.05, 4.69) is 24.4 Å². The van der Waals surface area contributed by atoms with Crippen molar-refractivity contribution in [1.82, 2.24) is 5.32 Å². The topological polar surface area (TPSA) is 21.3 Å². The van der Waals surface area contributed by atoms with Crippen LogP contribution in [0.5, 0.6) is 5.75 Å². The quantitative estimate of drug-likeness (QED) is 0.786. The molecule has 0 amide bonds. The SMILES string of the molecule is CCNCC1=Cc2ccccc2OC1. The lowest BCUT2D eigenvalue weighted by molar-refractivity contribution is 0.343. The van der Waals surface area contributed by atoms with Crippen molar-refractivity contribution >= 4 is 6.08 Å². The molecule has 1 aliphatic heterocycles. The minimum atomic E-state index is 0.712. The van der Waals surface area contributed by atoms with E-state index < -0.39 is 0 Å². The van der Waals surface area contributed by atoms with Gasteiger partial charge in [-0.25, -0.2) is 0 Å². The van der Waals surface area contributed by atoms with Crippen LogP contribution in [0.15, 0.2) is 29.8 Å². The molecule has 1 N–H and O–H groups in total. The fourth-order valence-electron chi connectivity index (χ4n) is 1.55. The number of benzene rings is 1. The summed E-state index contributed by atoms with van der Waals surface area (Å²) >= 11 is 0. The molecule has 0 saturated carbocycles. The van der Waals surface area contributed by atoms with Crippen molar-refractivity contribution in [3.63, 3.8) is 0 Å². The Bertz CT molecular complexity index is 344. The van der Waals surface area contributed by atoms with Crippen LogP contribution in [-0.4, -0.2) is 19.7 Å². The number of nitrogens with one attached hydrogen (secondary N) is 1. The Hall–Kier alpha value is -1.28. The summed E-state index contributed by atoms with van der Waals surface area (Å²) in [6, 6.07) is 8.13. The lowest BCUT2D eigenvalue weighted by Gasteiger charge is -2.17. The summed E-state index contributed by atoms with van der Waals surface area (Å²) < 4.78 is 5.62. The minimum Gasteiger partial charge on any atom is -0.489 e. The summed E-state index contributed by atoms with van der Waals surface area (Å²) in [5.74, 6) is 0.993. The van der Waals surface area contributed by atoms with Gasteiger partial charge in [0.2, 0.25) is 0 Å². The van der Waals surface area contributed by atoms with Gasteiger partial charge in [-0.1, -0.05) is 25.1 Å². The molecule has 14 heavy (non-hydrogen) atoms. The highest BCUT2D eigenvalue weighted by atomic mass is 16.5. The summed E-state index contributed by atoms with van der Waals surface area (Å²) in [5.41, 5.74) is 2.50. The Morgan fingerprint density at radius 3 is 3.07 bits per heavy atom. The first kappa shape index (κ1) is 9.28. The average molecular weight is 189 g/mol. The summed E-state index contributed by atoms with van der Waals surface area (Å²) in [4.78, 5) is 0. The van der Waals surface area contributed by atoms with Crippen LogP contribution in [0.25, 0.3) is 6.08 Å². The third-order valence-corrected chi connectivity index (χ3v) is 2.29. The number of ether oxygens (including phenoxy) is 1. The zero-order valence-electron chi connectivity index (χ0n) is 8.42. The zero-order valence-corrected chi connectivity index (χ0v) is 8.42. The van der Waals surface area contributed by atoms with E-state index in [0.29, 0.717) is 6.61 Å². The van der Waals surface area contributed by atoms with Crippen molar-refractivity contribution in [1.29, 1.82) is 0 Å². The predicted octanol–water partition coefficient (Wildman–Crippen LogP) is 2.07. The second-order valence-electron chi connectivity index (χ2n) is 3.41. The maximum absolute atomic E-state index is 5.62. The van der Waals surface area contributed by atoms with E-state index in [-0.39, 0.29) is 0 Å². The molecule has 0 atom stereocenters. The number of para-hydroxylation sites is 1. The smallest absolute Gasteiger partial charge is 0.127 e. The van der Waals surface area contributed by atoms with Gasteiger partial charge in [-0.05, 0) is 24.3 Å². The first-order valence-corrected chi connectivity index (χ1v) is 5.02. The monoisotopic (exact) mass is 189 g/mol. The molecule has 1 aromatic carbocycles. The molecule has 2 heteroatoms. The molecule has 0 fully saturated rings. The van der Waals surface area contributed by atoms with Gasteiger partial charge in [-0.3, -0.25) is 0 Å². The van der Waals surface area contributed by atoms with E-state index in [1.165, 1.54) is 11.1 Å². The van der Waals surface area contributed by atoms with Gasteiger partial charge in [0.05, 0.1) is 0 Å². The van der Waals surface area contributed by atoms with Crippen LogP contribution in [0.3, 0.4) is 0 Å². The largest absolute Gasteiger partial charge is 0.489 e. The number of fused-ring (bicyclic) bond motifs is 1. The lowest BCUT2D eigenvalue weighted by atomic mass is 10.1. The molecule has 74 valence electrons. The maximum Gasteiger partial charge on any atom is 0.127 e. The van der Waals surface area contributed by atoms with Crippen LogP contribution in [0.1, 0.15) is 12.5 Å². The number of rotatable bonds is 3. The molecule has 0 radical (unpaired) electrons. The van der Waals surface area contributed by atoms with E-state index in [1.807, 2.05) is 18.2 Å². The molecule has 1 heterocycles.